The summed E-state index contributed by atoms with van der Waals surface area (Å²) >= 11 is 1.26. The Morgan fingerprint density at radius 1 is 1.00 bits per heavy atom. The Morgan fingerprint density at radius 2 is 1.77 bits per heavy atom. The van der Waals surface area contributed by atoms with Crippen LogP contribution in [0, 0.1) is 13.8 Å². The van der Waals surface area contributed by atoms with E-state index < -0.39 is 0 Å². The van der Waals surface area contributed by atoms with Crippen molar-refractivity contribution in [3.8, 4) is 11.4 Å². The van der Waals surface area contributed by atoms with Crippen LogP contribution < -0.4 is 15.6 Å². The minimum Gasteiger partial charge on any atom is -0.497 e. The number of carbonyl (C=O) groups is 1. The van der Waals surface area contributed by atoms with Crippen molar-refractivity contribution in [3.05, 3.63) is 88.2 Å². The van der Waals surface area contributed by atoms with E-state index in [0.717, 1.165) is 16.8 Å². The molecule has 0 aliphatic rings. The van der Waals surface area contributed by atoms with Gasteiger partial charge in [0, 0.05) is 11.8 Å². The Labute approximate surface area is 205 Å². The van der Waals surface area contributed by atoms with Crippen molar-refractivity contribution in [3.63, 3.8) is 0 Å². The summed E-state index contributed by atoms with van der Waals surface area (Å²) in [7, 11) is 1.58. The zero-order valence-corrected chi connectivity index (χ0v) is 20.3. The molecule has 35 heavy (non-hydrogen) atoms. The number of rotatable bonds is 6. The number of hydrogen-bond donors (Lipinski definition) is 1. The molecule has 0 saturated carbocycles. The smallest absolute Gasteiger partial charge is 0.267 e. The maximum absolute atomic E-state index is 13.4. The summed E-state index contributed by atoms with van der Waals surface area (Å²) in [5.41, 5.74) is 4.00. The second kappa shape index (κ2) is 9.27. The molecule has 9 heteroatoms. The molecule has 0 saturated heterocycles. The van der Waals surface area contributed by atoms with E-state index >= 15 is 0 Å². The van der Waals surface area contributed by atoms with Crippen LogP contribution in [-0.2, 0) is 4.79 Å². The monoisotopic (exact) mass is 485 g/mol. The Bertz CT molecular complexity index is 1620. The van der Waals surface area contributed by atoms with E-state index in [4.69, 9.17) is 4.74 Å². The third kappa shape index (κ3) is 4.38. The van der Waals surface area contributed by atoms with Crippen molar-refractivity contribution in [1.29, 1.82) is 0 Å². The third-order valence-electron chi connectivity index (χ3n) is 5.54. The van der Waals surface area contributed by atoms with Gasteiger partial charge in [-0.3, -0.25) is 14.0 Å². The molecule has 0 aliphatic heterocycles. The molecule has 0 radical (unpaired) electrons. The van der Waals surface area contributed by atoms with E-state index in [9.17, 15) is 9.59 Å². The molecule has 0 bridgehead atoms. The van der Waals surface area contributed by atoms with Gasteiger partial charge >= 0.3 is 0 Å². The fourth-order valence-corrected chi connectivity index (χ4v) is 4.87. The first-order valence-electron chi connectivity index (χ1n) is 11.0. The van der Waals surface area contributed by atoms with Crippen LogP contribution in [0.1, 0.15) is 11.1 Å². The number of ether oxygens (including phenoxy) is 1. The summed E-state index contributed by atoms with van der Waals surface area (Å²) in [5, 5.41) is 12.6. The van der Waals surface area contributed by atoms with Gasteiger partial charge in [-0.1, -0.05) is 36.0 Å². The van der Waals surface area contributed by atoms with Gasteiger partial charge in [-0.25, -0.2) is 4.57 Å². The first-order valence-corrected chi connectivity index (χ1v) is 12.0. The number of amides is 1. The minimum atomic E-state index is -0.210. The number of hydrogen-bond acceptors (Lipinski definition) is 6. The van der Waals surface area contributed by atoms with Crippen LogP contribution in [0.4, 0.5) is 5.69 Å². The quantitative estimate of drug-likeness (QED) is 0.359. The molecule has 0 atom stereocenters. The Kier molecular flexibility index (Phi) is 6.00. The number of nitrogens with zero attached hydrogens (tertiary/aromatic N) is 4. The average molecular weight is 486 g/mol. The van der Waals surface area contributed by atoms with Crippen LogP contribution in [-0.4, -0.2) is 37.9 Å². The van der Waals surface area contributed by atoms with Crippen LogP contribution in [0.25, 0.3) is 22.4 Å². The molecule has 0 spiro atoms. The van der Waals surface area contributed by atoms with Crippen molar-refractivity contribution in [2.75, 3.05) is 18.2 Å². The third-order valence-corrected chi connectivity index (χ3v) is 6.47. The van der Waals surface area contributed by atoms with Crippen molar-refractivity contribution in [1.82, 2.24) is 19.2 Å². The first-order chi connectivity index (χ1) is 16.9. The van der Waals surface area contributed by atoms with E-state index in [1.54, 1.807) is 19.2 Å². The van der Waals surface area contributed by atoms with E-state index in [0.29, 0.717) is 33.3 Å². The number of benzene rings is 3. The largest absolute Gasteiger partial charge is 0.497 e. The van der Waals surface area contributed by atoms with Crippen LogP contribution >= 0.6 is 11.8 Å². The van der Waals surface area contributed by atoms with Gasteiger partial charge in [-0.2, -0.15) is 0 Å². The lowest BCUT2D eigenvalue weighted by Gasteiger charge is -2.12. The maximum atomic E-state index is 13.4. The summed E-state index contributed by atoms with van der Waals surface area (Å²) in [4.78, 5) is 26.1. The highest BCUT2D eigenvalue weighted by Crippen LogP contribution is 2.25. The fraction of sp³-hybridized carbons (Fsp3) is 0.154. The second-order valence-electron chi connectivity index (χ2n) is 8.19. The van der Waals surface area contributed by atoms with Crippen molar-refractivity contribution in [2.24, 2.45) is 0 Å². The van der Waals surface area contributed by atoms with Gasteiger partial charge in [0.2, 0.25) is 11.7 Å². The molecule has 2 heterocycles. The van der Waals surface area contributed by atoms with Gasteiger partial charge < -0.3 is 10.1 Å². The molecule has 0 unspecified atom stereocenters. The van der Waals surface area contributed by atoms with E-state index in [1.807, 2.05) is 66.8 Å². The molecule has 5 rings (SSSR count). The number of para-hydroxylation sites is 1. The van der Waals surface area contributed by atoms with Gasteiger partial charge in [0.05, 0.1) is 29.5 Å². The molecule has 1 N–H and O–H groups in total. The molecule has 5 aromatic rings. The lowest BCUT2D eigenvalue weighted by Crippen LogP contribution is -2.22. The number of carbonyl (C=O) groups excluding carboxylic acids is 1. The Balaban J connectivity index is 1.54. The van der Waals surface area contributed by atoms with Gasteiger partial charge in [-0.05, 0) is 61.4 Å². The molecule has 3 aromatic carbocycles. The van der Waals surface area contributed by atoms with Gasteiger partial charge in [0.15, 0.2) is 5.16 Å². The lowest BCUT2D eigenvalue weighted by molar-refractivity contribution is -0.113. The van der Waals surface area contributed by atoms with E-state index in [1.165, 1.54) is 16.3 Å². The van der Waals surface area contributed by atoms with Gasteiger partial charge in [0.1, 0.15) is 5.75 Å². The van der Waals surface area contributed by atoms with E-state index in [2.05, 4.69) is 21.6 Å². The highest BCUT2D eigenvalue weighted by Gasteiger charge is 2.19. The fourth-order valence-electron chi connectivity index (χ4n) is 4.13. The van der Waals surface area contributed by atoms with E-state index in [-0.39, 0.29) is 17.2 Å². The number of nitrogens with one attached hydrogen (secondary N) is 1. The predicted molar refractivity (Wildman–Crippen MR) is 138 cm³/mol. The minimum absolute atomic E-state index is 0.139. The Morgan fingerprint density at radius 3 is 2.54 bits per heavy atom. The van der Waals surface area contributed by atoms with Crippen LogP contribution in [0.15, 0.2) is 76.7 Å². The number of anilines is 1. The maximum Gasteiger partial charge on any atom is 0.267 e. The first kappa shape index (κ1) is 22.7. The molecular weight excluding hydrogens is 462 g/mol. The molecule has 1 amide bonds. The standard InChI is InChI=1S/C26H23N5O3S/c1-16-11-17(2)13-18(12-16)27-23(32)15-35-26-29-28-25-30(19-7-6-8-20(14-19)34-3)24(33)21-9-4-5-10-22(21)31(25)26/h4-14H,15H2,1-3H3,(H,27,32). The summed E-state index contributed by atoms with van der Waals surface area (Å²) in [6, 6.07) is 20.4. The summed E-state index contributed by atoms with van der Waals surface area (Å²) in [6.07, 6.45) is 0. The predicted octanol–water partition coefficient (Wildman–Crippen LogP) is 4.39. The van der Waals surface area contributed by atoms with Gasteiger partial charge in [0.25, 0.3) is 5.56 Å². The van der Waals surface area contributed by atoms with Crippen molar-refractivity contribution >= 4 is 40.0 Å². The molecule has 8 nitrogen and oxygen atoms in total. The molecule has 176 valence electrons. The Hall–Kier alpha value is -4.11. The topological polar surface area (TPSA) is 90.5 Å². The second-order valence-corrected chi connectivity index (χ2v) is 9.13. The summed E-state index contributed by atoms with van der Waals surface area (Å²) in [5.74, 6) is 0.972. The molecule has 2 aromatic heterocycles. The summed E-state index contributed by atoms with van der Waals surface area (Å²) < 4.78 is 8.66. The lowest BCUT2D eigenvalue weighted by atomic mass is 10.1. The number of aryl methyl sites for hydroxylation is 2. The molecule has 0 fully saturated rings. The number of aromatic nitrogens is 4. The molecule has 0 aliphatic carbocycles. The number of fused-ring (bicyclic) bond motifs is 3. The van der Waals surface area contributed by atoms with Crippen LogP contribution in [0.3, 0.4) is 0 Å². The average Bonchev–Trinajstić information content (AvgIpc) is 3.26. The molecular formula is C26H23N5O3S. The van der Waals surface area contributed by atoms with Crippen LogP contribution in [0.5, 0.6) is 5.75 Å². The normalized spacial score (nSPS) is 11.2. The van der Waals surface area contributed by atoms with Gasteiger partial charge in [-0.15, -0.1) is 10.2 Å². The zero-order chi connectivity index (χ0) is 24.5. The van der Waals surface area contributed by atoms with Crippen LogP contribution in [0.2, 0.25) is 0 Å². The number of methoxy groups -OCH3 is 1. The van der Waals surface area contributed by atoms with Crippen molar-refractivity contribution < 1.29 is 9.53 Å². The highest BCUT2D eigenvalue weighted by molar-refractivity contribution is 7.99. The number of thioether (sulfide) groups is 1. The zero-order valence-electron chi connectivity index (χ0n) is 19.5. The SMILES string of the molecule is COc1cccc(-n2c(=O)c3ccccc3n3c(SCC(=O)Nc4cc(C)cc(C)c4)nnc23)c1. The highest BCUT2D eigenvalue weighted by atomic mass is 32.2. The van der Waals surface area contributed by atoms with Crippen molar-refractivity contribution in [2.45, 2.75) is 19.0 Å². The summed E-state index contributed by atoms with van der Waals surface area (Å²) in [6.45, 7) is 3.99.